The quantitative estimate of drug-likeness (QED) is 0.559. The summed E-state index contributed by atoms with van der Waals surface area (Å²) in [4.78, 5) is 6.88. The van der Waals surface area contributed by atoms with E-state index in [1.165, 1.54) is 0 Å². The zero-order chi connectivity index (χ0) is 24.9. The van der Waals surface area contributed by atoms with E-state index in [0.29, 0.717) is 13.2 Å². The summed E-state index contributed by atoms with van der Waals surface area (Å²) in [6.07, 6.45) is -2.21. The second-order valence-corrected chi connectivity index (χ2v) is 9.94. The van der Waals surface area contributed by atoms with Crippen LogP contribution >= 0.6 is 11.8 Å². The predicted octanol–water partition coefficient (Wildman–Crippen LogP) is 3.31. The molecule has 0 aromatic heterocycles. The van der Waals surface area contributed by atoms with Crippen LogP contribution in [0.25, 0.3) is 0 Å². The van der Waals surface area contributed by atoms with Crippen molar-refractivity contribution < 1.29 is 28.8 Å². The van der Waals surface area contributed by atoms with Crippen LogP contribution in [-0.4, -0.2) is 79.4 Å². The normalized spacial score (nSPS) is 26.6. The largest absolute Gasteiger partial charge is 0.497 e. The van der Waals surface area contributed by atoms with Gasteiger partial charge < -0.3 is 33.7 Å². The molecular weight excluding hydrogens is 468 g/mol. The molecule has 190 valence electrons. The van der Waals surface area contributed by atoms with E-state index < -0.39 is 24.4 Å². The minimum atomic E-state index is -0.743. The van der Waals surface area contributed by atoms with Gasteiger partial charge in [-0.3, -0.25) is 4.99 Å². The zero-order valence-electron chi connectivity index (χ0n) is 20.8. The molecule has 2 unspecified atom stereocenters. The molecule has 2 aromatic rings. The number of aliphatic imine (C=N–C) groups is 1. The van der Waals surface area contributed by atoms with Crippen molar-refractivity contribution in [2.45, 2.75) is 56.0 Å². The lowest BCUT2D eigenvalue weighted by Gasteiger charge is -2.43. The summed E-state index contributed by atoms with van der Waals surface area (Å²) in [6, 6.07) is 15.2. The minimum absolute atomic E-state index is 0.256. The molecule has 4 rings (SSSR count). The van der Waals surface area contributed by atoms with Gasteiger partial charge in [0.15, 0.2) is 5.17 Å². The van der Waals surface area contributed by atoms with E-state index in [4.69, 9.17) is 28.7 Å². The highest BCUT2D eigenvalue weighted by Crippen LogP contribution is 2.40. The van der Waals surface area contributed by atoms with E-state index in [2.05, 4.69) is 0 Å². The van der Waals surface area contributed by atoms with Crippen LogP contribution in [0.2, 0.25) is 0 Å². The second-order valence-electron chi connectivity index (χ2n) is 8.87. The monoisotopic (exact) mass is 502 g/mol. The smallest absolute Gasteiger partial charge is 0.161 e. The highest BCUT2D eigenvalue weighted by Gasteiger charge is 2.52. The van der Waals surface area contributed by atoms with Crippen LogP contribution in [0.3, 0.4) is 0 Å². The molecule has 0 bridgehead atoms. The van der Waals surface area contributed by atoms with Crippen molar-refractivity contribution in [3.8, 4) is 11.5 Å². The maximum atomic E-state index is 10.6. The third kappa shape index (κ3) is 6.10. The topological polar surface area (TPSA) is 82.0 Å². The number of hydrogen-bond acceptors (Lipinski definition) is 9. The summed E-state index contributed by atoms with van der Waals surface area (Å²) in [5.74, 6) is 1.58. The lowest BCUT2D eigenvalue weighted by molar-refractivity contribution is -0.218. The second kappa shape index (κ2) is 11.6. The predicted molar refractivity (Wildman–Crippen MR) is 136 cm³/mol. The third-order valence-corrected chi connectivity index (χ3v) is 7.40. The number of aliphatic hydroxyl groups excluding tert-OH is 1. The Labute approximate surface area is 211 Å². The van der Waals surface area contributed by atoms with Crippen LogP contribution in [0.1, 0.15) is 18.1 Å². The van der Waals surface area contributed by atoms with Crippen LogP contribution in [0.15, 0.2) is 53.5 Å². The van der Waals surface area contributed by atoms with Crippen LogP contribution in [-0.2, 0) is 27.4 Å². The van der Waals surface area contributed by atoms with Gasteiger partial charge in [0.25, 0.3) is 0 Å². The van der Waals surface area contributed by atoms with Gasteiger partial charge in [0.2, 0.25) is 0 Å². The number of amidine groups is 1. The van der Waals surface area contributed by atoms with Crippen molar-refractivity contribution in [1.29, 1.82) is 0 Å². The number of rotatable bonds is 9. The van der Waals surface area contributed by atoms with Gasteiger partial charge in [-0.25, -0.2) is 0 Å². The summed E-state index contributed by atoms with van der Waals surface area (Å²) in [7, 11) is 7.20. The Morgan fingerprint density at radius 2 is 1.43 bits per heavy atom. The Bertz CT molecular complexity index is 982. The van der Waals surface area contributed by atoms with E-state index in [0.717, 1.165) is 27.8 Å². The molecule has 8 nitrogen and oxygen atoms in total. The molecular formula is C26H34N2O6S. The maximum absolute atomic E-state index is 10.6. The molecule has 6 atom stereocenters. The van der Waals surface area contributed by atoms with Crippen LogP contribution in [0.5, 0.6) is 11.5 Å². The average Bonchev–Trinajstić information content (AvgIpc) is 3.31. The van der Waals surface area contributed by atoms with Crippen molar-refractivity contribution in [2.24, 2.45) is 4.99 Å². The Balaban J connectivity index is 1.57. The van der Waals surface area contributed by atoms with Gasteiger partial charge in [0.05, 0.1) is 33.5 Å². The summed E-state index contributed by atoms with van der Waals surface area (Å²) < 4.78 is 29.7. The molecule has 2 heterocycles. The first-order chi connectivity index (χ1) is 16.9. The van der Waals surface area contributed by atoms with E-state index in [1.54, 1.807) is 32.9 Å². The number of nitrogens with zero attached hydrogens (tertiary/aromatic N) is 2. The Morgan fingerprint density at radius 3 is 1.89 bits per heavy atom. The molecule has 1 fully saturated rings. The number of methoxy groups -OCH3 is 2. The van der Waals surface area contributed by atoms with E-state index in [-0.39, 0.29) is 11.5 Å². The number of hydrogen-bond donors (Lipinski definition) is 1. The van der Waals surface area contributed by atoms with Crippen LogP contribution in [0.4, 0.5) is 0 Å². The summed E-state index contributed by atoms with van der Waals surface area (Å²) in [6.45, 7) is 2.45. The average molecular weight is 503 g/mol. The molecule has 0 radical (unpaired) electrons. The first-order valence-corrected chi connectivity index (χ1v) is 12.5. The molecule has 0 amide bonds. The highest BCUT2D eigenvalue weighted by atomic mass is 32.2. The van der Waals surface area contributed by atoms with Crippen molar-refractivity contribution in [3.63, 3.8) is 0 Å². The van der Waals surface area contributed by atoms with Crippen LogP contribution < -0.4 is 9.47 Å². The van der Waals surface area contributed by atoms with Crippen LogP contribution in [0, 0.1) is 0 Å². The van der Waals surface area contributed by atoms with Gasteiger partial charge in [-0.05, 0) is 42.3 Å². The van der Waals surface area contributed by atoms with Crippen molar-refractivity contribution >= 4 is 16.9 Å². The fraction of sp³-hybridized carbons (Fsp3) is 0.500. The Morgan fingerprint density at radius 1 is 0.914 bits per heavy atom. The molecule has 0 aliphatic carbocycles. The Hall–Kier alpha value is -2.30. The molecule has 1 N–H and O–H groups in total. The molecule has 2 aliphatic heterocycles. The fourth-order valence-corrected chi connectivity index (χ4v) is 5.30. The SMILES string of the molecule is COc1ccc(COC2C(OCc3ccc(OC)cc3)[C@@H]([C@@H](C)O)O[C@@H]3SC(N(C)C)=N[C@H]23)cc1. The van der Waals surface area contributed by atoms with Crippen molar-refractivity contribution in [2.75, 3.05) is 28.3 Å². The van der Waals surface area contributed by atoms with Gasteiger partial charge in [0.1, 0.15) is 41.3 Å². The lowest BCUT2D eigenvalue weighted by atomic mass is 9.94. The van der Waals surface area contributed by atoms with E-state index in [9.17, 15) is 5.11 Å². The molecule has 2 aromatic carbocycles. The number of aliphatic hydroxyl groups is 1. The molecule has 2 aliphatic rings. The molecule has 9 heteroatoms. The standard InChI is InChI=1S/C26H34N2O6S/c1-16(29)22-24(33-15-18-8-12-20(31-5)13-9-18)23(21-25(34-22)35-26(27-21)28(2)3)32-14-17-6-10-19(30-4)11-7-17/h6-13,16,21-25,29H,14-15H2,1-5H3/t16-,21-,22-,23?,24?,25-/m1/s1. The maximum Gasteiger partial charge on any atom is 0.161 e. The number of ether oxygens (including phenoxy) is 5. The van der Waals surface area contributed by atoms with Crippen molar-refractivity contribution in [3.05, 3.63) is 59.7 Å². The van der Waals surface area contributed by atoms with E-state index in [1.807, 2.05) is 67.5 Å². The lowest BCUT2D eigenvalue weighted by Crippen LogP contribution is -2.59. The third-order valence-electron chi connectivity index (χ3n) is 6.10. The van der Waals surface area contributed by atoms with Gasteiger partial charge in [-0.15, -0.1) is 0 Å². The molecule has 1 saturated heterocycles. The zero-order valence-corrected chi connectivity index (χ0v) is 21.6. The van der Waals surface area contributed by atoms with Gasteiger partial charge >= 0.3 is 0 Å². The fourth-order valence-electron chi connectivity index (χ4n) is 4.16. The number of benzene rings is 2. The molecule has 0 saturated carbocycles. The molecule has 0 spiro atoms. The van der Waals surface area contributed by atoms with Crippen molar-refractivity contribution in [1.82, 2.24) is 4.90 Å². The Kier molecular flexibility index (Phi) is 8.56. The highest BCUT2D eigenvalue weighted by molar-refractivity contribution is 8.14. The first kappa shape index (κ1) is 25.8. The number of fused-ring (bicyclic) bond motifs is 1. The summed E-state index contributed by atoms with van der Waals surface area (Å²) >= 11 is 1.55. The molecule has 35 heavy (non-hydrogen) atoms. The minimum Gasteiger partial charge on any atom is -0.497 e. The summed E-state index contributed by atoms with van der Waals surface area (Å²) in [5.41, 5.74) is 1.75. The van der Waals surface area contributed by atoms with E-state index >= 15 is 0 Å². The van der Waals surface area contributed by atoms with Gasteiger partial charge in [0, 0.05) is 14.1 Å². The number of thioether (sulfide) groups is 1. The first-order valence-electron chi connectivity index (χ1n) is 11.6. The van der Waals surface area contributed by atoms with Gasteiger partial charge in [-0.1, -0.05) is 36.0 Å². The summed E-state index contributed by atoms with van der Waals surface area (Å²) in [5, 5.41) is 11.5. The van der Waals surface area contributed by atoms with Gasteiger partial charge in [-0.2, -0.15) is 0 Å².